The first kappa shape index (κ1) is 24.0. The Morgan fingerprint density at radius 2 is 1.89 bits per heavy atom. The maximum absolute atomic E-state index is 14.3. The molecule has 2 aromatic heterocycles. The quantitative estimate of drug-likeness (QED) is 0.331. The molecule has 0 spiro atoms. The van der Waals surface area contributed by atoms with Gasteiger partial charge in [0.05, 0.1) is 23.5 Å². The summed E-state index contributed by atoms with van der Waals surface area (Å²) >= 11 is 0. The molecule has 0 fully saturated rings. The molecule has 0 aliphatic carbocycles. The van der Waals surface area contributed by atoms with Crippen LogP contribution in [0, 0.1) is 5.82 Å². The molecular weight excluding hydrogens is 479 g/mol. The maximum Gasteiger partial charge on any atom is 0.134 e. The number of aromatic nitrogens is 5. The highest BCUT2D eigenvalue weighted by molar-refractivity contribution is 5.94. The van der Waals surface area contributed by atoms with Crippen LogP contribution in [-0.4, -0.2) is 37.8 Å². The Labute approximate surface area is 214 Å². The van der Waals surface area contributed by atoms with Crippen molar-refractivity contribution in [2.45, 2.75) is 32.9 Å². The van der Waals surface area contributed by atoms with Gasteiger partial charge in [-0.15, -0.1) is 17.5 Å². The molecule has 6 rings (SSSR count). The summed E-state index contributed by atoms with van der Waals surface area (Å²) in [4.78, 5) is 0. The lowest BCUT2D eigenvalue weighted by Gasteiger charge is -2.17. The molecule has 0 atom stereocenters. The molecule has 1 aliphatic heterocycles. The molecular formula is C27H26ClFN6O. The predicted octanol–water partition coefficient (Wildman–Crippen LogP) is 5.47. The van der Waals surface area contributed by atoms with Crippen molar-refractivity contribution in [1.82, 2.24) is 30.5 Å². The third kappa shape index (κ3) is 4.57. The molecule has 0 saturated carbocycles. The van der Waals surface area contributed by atoms with E-state index < -0.39 is 0 Å². The fraction of sp³-hybridized carbons (Fsp3) is 0.222. The monoisotopic (exact) mass is 504 g/mol. The van der Waals surface area contributed by atoms with Crippen LogP contribution in [0.4, 0.5) is 4.39 Å². The second-order valence-electron chi connectivity index (χ2n) is 9.10. The normalized spacial score (nSPS) is 13.0. The van der Waals surface area contributed by atoms with Crippen molar-refractivity contribution in [3.05, 3.63) is 77.7 Å². The molecule has 3 heterocycles. The van der Waals surface area contributed by atoms with E-state index >= 15 is 0 Å². The molecule has 2 N–H and O–H groups in total. The number of hydrogen-bond donors (Lipinski definition) is 2. The van der Waals surface area contributed by atoms with Gasteiger partial charge in [0.15, 0.2) is 0 Å². The van der Waals surface area contributed by atoms with Crippen molar-refractivity contribution >= 4 is 23.3 Å². The summed E-state index contributed by atoms with van der Waals surface area (Å²) in [5, 5.41) is 20.6. The van der Waals surface area contributed by atoms with E-state index in [4.69, 9.17) is 4.74 Å². The number of rotatable bonds is 5. The standard InChI is InChI=1S/C27H25FN6O.ClH/c1-16(2)35-23-11-19(9-21(28)13-23)18-4-6-25-24(12-18)27(32-30-25)26-15-34(33-31-26)22-5-3-17-7-8-29-14-20(17)10-22;/h3-6,9-13,15-16,29H,7-8,14H2,1-2H3,(H,30,32);1H. The van der Waals surface area contributed by atoms with Crippen LogP contribution in [0.2, 0.25) is 0 Å². The summed E-state index contributed by atoms with van der Waals surface area (Å²) < 4.78 is 21.8. The zero-order valence-electron chi connectivity index (χ0n) is 20.0. The van der Waals surface area contributed by atoms with Crippen LogP contribution in [0.1, 0.15) is 25.0 Å². The lowest BCUT2D eigenvalue weighted by atomic mass is 10.0. The largest absolute Gasteiger partial charge is 0.491 e. The highest BCUT2D eigenvalue weighted by Gasteiger charge is 2.16. The van der Waals surface area contributed by atoms with Crippen molar-refractivity contribution in [2.75, 3.05) is 6.54 Å². The third-order valence-corrected chi connectivity index (χ3v) is 6.22. The summed E-state index contributed by atoms with van der Waals surface area (Å²) in [7, 11) is 0. The summed E-state index contributed by atoms with van der Waals surface area (Å²) in [6, 6.07) is 17.0. The van der Waals surface area contributed by atoms with Crippen LogP contribution in [0.25, 0.3) is 39.1 Å². The van der Waals surface area contributed by atoms with Gasteiger partial charge in [0, 0.05) is 18.0 Å². The van der Waals surface area contributed by atoms with E-state index in [2.05, 4.69) is 44.0 Å². The van der Waals surface area contributed by atoms with Gasteiger partial charge in [-0.3, -0.25) is 5.10 Å². The molecule has 0 saturated heterocycles. The number of fused-ring (bicyclic) bond motifs is 2. The van der Waals surface area contributed by atoms with Crippen molar-refractivity contribution in [3.63, 3.8) is 0 Å². The minimum absolute atomic E-state index is 0. The van der Waals surface area contributed by atoms with Crippen LogP contribution in [0.5, 0.6) is 5.75 Å². The van der Waals surface area contributed by atoms with Gasteiger partial charge in [0.25, 0.3) is 0 Å². The Bertz CT molecular complexity index is 1540. The van der Waals surface area contributed by atoms with E-state index in [0.717, 1.165) is 47.2 Å². The molecule has 7 nitrogen and oxygen atoms in total. The number of hydrogen-bond acceptors (Lipinski definition) is 5. The molecule has 3 aromatic carbocycles. The van der Waals surface area contributed by atoms with Gasteiger partial charge >= 0.3 is 0 Å². The second kappa shape index (κ2) is 9.72. The van der Waals surface area contributed by atoms with Crippen LogP contribution in [0.3, 0.4) is 0 Å². The lowest BCUT2D eigenvalue weighted by molar-refractivity contribution is 0.241. The van der Waals surface area contributed by atoms with Gasteiger partial charge in [-0.2, -0.15) is 5.10 Å². The Balaban J connectivity index is 0.00000267. The van der Waals surface area contributed by atoms with Crippen molar-refractivity contribution in [3.8, 4) is 34.0 Å². The Hall–Kier alpha value is -3.75. The molecule has 0 amide bonds. The predicted molar refractivity (Wildman–Crippen MR) is 140 cm³/mol. The van der Waals surface area contributed by atoms with Crippen molar-refractivity contribution < 1.29 is 9.13 Å². The van der Waals surface area contributed by atoms with Crippen molar-refractivity contribution in [1.29, 1.82) is 0 Å². The summed E-state index contributed by atoms with van der Waals surface area (Å²) in [5.74, 6) is 0.166. The number of aromatic amines is 1. The Morgan fingerprint density at radius 3 is 2.75 bits per heavy atom. The maximum atomic E-state index is 14.3. The molecule has 9 heteroatoms. The SMILES string of the molecule is CC(C)Oc1cc(F)cc(-c2ccc3[nH]nc(-c4cn(-c5ccc6c(c5)CNCC6)nn4)c3c2)c1.Cl. The van der Waals surface area contributed by atoms with Gasteiger partial charge in [0.2, 0.25) is 0 Å². The highest BCUT2D eigenvalue weighted by atomic mass is 35.5. The van der Waals surface area contributed by atoms with Crippen LogP contribution in [-0.2, 0) is 13.0 Å². The summed E-state index contributed by atoms with van der Waals surface area (Å²) in [6.45, 7) is 5.71. The topological polar surface area (TPSA) is 80.6 Å². The third-order valence-electron chi connectivity index (χ3n) is 6.22. The van der Waals surface area contributed by atoms with Crippen LogP contribution < -0.4 is 10.1 Å². The Kier molecular flexibility index (Phi) is 6.47. The van der Waals surface area contributed by atoms with Gasteiger partial charge in [0.1, 0.15) is 23.0 Å². The zero-order chi connectivity index (χ0) is 23.9. The van der Waals surface area contributed by atoms with E-state index in [1.54, 1.807) is 4.68 Å². The fourth-order valence-corrected chi connectivity index (χ4v) is 4.57. The smallest absolute Gasteiger partial charge is 0.134 e. The lowest BCUT2D eigenvalue weighted by Crippen LogP contribution is -2.23. The molecule has 0 unspecified atom stereocenters. The number of nitrogens with zero attached hydrogens (tertiary/aromatic N) is 4. The molecule has 0 radical (unpaired) electrons. The van der Waals surface area contributed by atoms with Gasteiger partial charge in [-0.1, -0.05) is 17.3 Å². The average Bonchev–Trinajstić information content (AvgIpc) is 3.50. The van der Waals surface area contributed by atoms with Crippen LogP contribution >= 0.6 is 12.4 Å². The minimum atomic E-state index is -0.339. The first-order valence-corrected chi connectivity index (χ1v) is 11.7. The molecule has 36 heavy (non-hydrogen) atoms. The molecule has 0 bridgehead atoms. The average molecular weight is 505 g/mol. The van der Waals surface area contributed by atoms with E-state index in [9.17, 15) is 4.39 Å². The van der Waals surface area contributed by atoms with Crippen LogP contribution in [0.15, 0.2) is 60.8 Å². The van der Waals surface area contributed by atoms with E-state index in [1.807, 2.05) is 44.3 Å². The number of halogens is 2. The minimum Gasteiger partial charge on any atom is -0.491 e. The van der Waals surface area contributed by atoms with E-state index in [-0.39, 0.29) is 24.3 Å². The molecule has 1 aliphatic rings. The molecule has 5 aromatic rings. The molecule has 184 valence electrons. The second-order valence-corrected chi connectivity index (χ2v) is 9.10. The first-order chi connectivity index (χ1) is 17.0. The first-order valence-electron chi connectivity index (χ1n) is 11.7. The van der Waals surface area contributed by atoms with Gasteiger partial charge < -0.3 is 10.1 Å². The number of ether oxygens (including phenoxy) is 1. The van der Waals surface area contributed by atoms with Crippen molar-refractivity contribution in [2.24, 2.45) is 0 Å². The number of benzene rings is 3. The number of H-pyrrole nitrogens is 1. The summed E-state index contributed by atoms with van der Waals surface area (Å²) in [6.07, 6.45) is 2.88. The van der Waals surface area contributed by atoms with Gasteiger partial charge in [-0.05, 0) is 85.5 Å². The fourth-order valence-electron chi connectivity index (χ4n) is 4.57. The number of nitrogens with one attached hydrogen (secondary N) is 2. The zero-order valence-corrected chi connectivity index (χ0v) is 20.8. The van der Waals surface area contributed by atoms with E-state index in [1.165, 1.54) is 23.3 Å². The highest BCUT2D eigenvalue weighted by Crippen LogP contribution is 2.32. The summed E-state index contributed by atoms with van der Waals surface area (Å²) in [5.41, 5.74) is 7.45. The van der Waals surface area contributed by atoms with Gasteiger partial charge in [-0.25, -0.2) is 9.07 Å². The Morgan fingerprint density at radius 1 is 1.00 bits per heavy atom. The van der Waals surface area contributed by atoms with E-state index in [0.29, 0.717) is 17.1 Å².